The molecule has 1 atom stereocenters. The summed E-state index contributed by atoms with van der Waals surface area (Å²) in [7, 11) is 0. The quantitative estimate of drug-likeness (QED) is 0.845. The Morgan fingerprint density at radius 3 is 2.59 bits per heavy atom. The van der Waals surface area contributed by atoms with E-state index < -0.39 is 5.97 Å². The highest BCUT2D eigenvalue weighted by Gasteiger charge is 2.32. The van der Waals surface area contributed by atoms with Crippen molar-refractivity contribution in [3.05, 3.63) is 17.5 Å². The number of hydrogen-bond acceptors (Lipinski definition) is 3. The Balaban J connectivity index is 2.05. The summed E-state index contributed by atoms with van der Waals surface area (Å²) in [5, 5.41) is 16.0. The zero-order valence-corrected chi connectivity index (χ0v) is 13.7. The van der Waals surface area contributed by atoms with Gasteiger partial charge in [0.05, 0.1) is 5.54 Å². The zero-order valence-electron chi connectivity index (χ0n) is 13.7. The van der Waals surface area contributed by atoms with Crippen molar-refractivity contribution >= 4 is 11.9 Å². The van der Waals surface area contributed by atoms with Crippen LogP contribution in [0, 0.1) is 5.92 Å². The van der Waals surface area contributed by atoms with Gasteiger partial charge in [0.25, 0.3) is 5.91 Å². The van der Waals surface area contributed by atoms with Gasteiger partial charge in [-0.15, -0.1) is 0 Å². The lowest BCUT2D eigenvalue weighted by molar-refractivity contribution is -0.137. The molecule has 1 aromatic rings. The number of aromatic nitrogens is 2. The highest BCUT2D eigenvalue weighted by molar-refractivity contribution is 5.92. The Hall–Kier alpha value is -1.85. The van der Waals surface area contributed by atoms with Gasteiger partial charge in [0.1, 0.15) is 5.69 Å². The lowest BCUT2D eigenvalue weighted by Crippen LogP contribution is -2.30. The van der Waals surface area contributed by atoms with Crippen LogP contribution in [0.25, 0.3) is 0 Å². The molecule has 22 heavy (non-hydrogen) atoms. The molecular weight excluding hydrogens is 282 g/mol. The second-order valence-electron chi connectivity index (χ2n) is 7.22. The van der Waals surface area contributed by atoms with E-state index in [4.69, 9.17) is 5.11 Å². The summed E-state index contributed by atoms with van der Waals surface area (Å²) in [4.78, 5) is 22.9. The van der Waals surface area contributed by atoms with E-state index in [1.54, 1.807) is 6.92 Å². The predicted octanol–water partition coefficient (Wildman–Crippen LogP) is 2.36. The second-order valence-corrected chi connectivity index (χ2v) is 7.22. The molecule has 0 saturated heterocycles. The maximum absolute atomic E-state index is 12.2. The van der Waals surface area contributed by atoms with Crippen LogP contribution in [-0.2, 0) is 10.3 Å². The molecule has 1 aliphatic rings. The number of carboxylic acid groups (broad SMARTS) is 1. The molecule has 1 unspecified atom stereocenters. The van der Waals surface area contributed by atoms with Crippen LogP contribution >= 0.6 is 0 Å². The first-order valence-electron chi connectivity index (χ1n) is 7.79. The number of carbonyl (C=O) groups is 2. The molecule has 0 radical (unpaired) electrons. The van der Waals surface area contributed by atoms with Gasteiger partial charge in [-0.2, -0.15) is 5.10 Å². The van der Waals surface area contributed by atoms with E-state index >= 15 is 0 Å². The minimum absolute atomic E-state index is 0.0457. The molecule has 0 aliphatic heterocycles. The number of rotatable bonds is 6. The molecule has 2 N–H and O–H groups in total. The standard InChI is InChI=1S/C16H25N3O3/c1-10(7-14(20)21)9-17-15(22)12-8-13(11-5-6-11)19(18-12)16(2,3)4/h8,10-11H,5-7,9H2,1-4H3,(H,17,22)(H,20,21). The van der Waals surface area contributed by atoms with Crippen molar-refractivity contribution in [3.63, 3.8) is 0 Å². The largest absolute Gasteiger partial charge is 0.481 e. The SMILES string of the molecule is CC(CNC(=O)c1cc(C2CC2)n(C(C)(C)C)n1)CC(=O)O. The third-order valence-electron chi connectivity index (χ3n) is 3.73. The smallest absolute Gasteiger partial charge is 0.303 e. The van der Waals surface area contributed by atoms with Crippen LogP contribution in [0.1, 0.15) is 69.1 Å². The number of nitrogens with zero attached hydrogens (tertiary/aromatic N) is 2. The van der Waals surface area contributed by atoms with Crippen molar-refractivity contribution in [1.29, 1.82) is 0 Å². The van der Waals surface area contributed by atoms with E-state index in [2.05, 4.69) is 31.2 Å². The molecule has 1 aromatic heterocycles. The number of carbonyl (C=O) groups excluding carboxylic acids is 1. The lowest BCUT2D eigenvalue weighted by atomic mass is 10.1. The number of nitrogens with one attached hydrogen (secondary N) is 1. The maximum Gasteiger partial charge on any atom is 0.303 e. The van der Waals surface area contributed by atoms with Crippen molar-refractivity contribution in [3.8, 4) is 0 Å². The van der Waals surface area contributed by atoms with E-state index in [9.17, 15) is 9.59 Å². The Labute approximate surface area is 130 Å². The molecule has 122 valence electrons. The van der Waals surface area contributed by atoms with E-state index in [1.165, 1.54) is 0 Å². The zero-order chi connectivity index (χ0) is 16.5. The molecule has 6 heteroatoms. The Bertz CT molecular complexity index is 568. The third-order valence-corrected chi connectivity index (χ3v) is 3.73. The van der Waals surface area contributed by atoms with Gasteiger partial charge in [0, 0.05) is 24.6 Å². The van der Waals surface area contributed by atoms with Gasteiger partial charge in [-0.1, -0.05) is 6.92 Å². The highest BCUT2D eigenvalue weighted by Crippen LogP contribution is 2.41. The van der Waals surface area contributed by atoms with E-state index in [-0.39, 0.29) is 23.8 Å². The molecular formula is C16H25N3O3. The van der Waals surface area contributed by atoms with Crippen molar-refractivity contribution in [1.82, 2.24) is 15.1 Å². The van der Waals surface area contributed by atoms with Crippen LogP contribution in [-0.4, -0.2) is 33.3 Å². The fraction of sp³-hybridized carbons (Fsp3) is 0.688. The van der Waals surface area contributed by atoms with Gasteiger partial charge in [-0.3, -0.25) is 14.3 Å². The molecule has 2 rings (SSSR count). The van der Waals surface area contributed by atoms with Gasteiger partial charge in [0.15, 0.2) is 0 Å². The molecule has 0 bridgehead atoms. The van der Waals surface area contributed by atoms with E-state index in [0.717, 1.165) is 18.5 Å². The van der Waals surface area contributed by atoms with Gasteiger partial charge < -0.3 is 10.4 Å². The van der Waals surface area contributed by atoms with E-state index in [0.29, 0.717) is 18.2 Å². The first-order valence-corrected chi connectivity index (χ1v) is 7.79. The minimum Gasteiger partial charge on any atom is -0.481 e. The molecule has 1 amide bonds. The summed E-state index contributed by atoms with van der Waals surface area (Å²) >= 11 is 0. The number of amides is 1. The van der Waals surface area contributed by atoms with Crippen molar-refractivity contribution in [2.24, 2.45) is 5.92 Å². The Kier molecular flexibility index (Phi) is 4.58. The minimum atomic E-state index is -0.852. The normalized spacial score (nSPS) is 16.4. The summed E-state index contributed by atoms with van der Waals surface area (Å²) in [5.41, 5.74) is 1.38. The highest BCUT2D eigenvalue weighted by atomic mass is 16.4. The summed E-state index contributed by atoms with van der Waals surface area (Å²) < 4.78 is 1.94. The molecule has 1 heterocycles. The van der Waals surface area contributed by atoms with Crippen LogP contribution < -0.4 is 5.32 Å². The van der Waals surface area contributed by atoms with Crippen LogP contribution in [0.5, 0.6) is 0 Å². The summed E-state index contributed by atoms with van der Waals surface area (Å²) in [6, 6.07) is 1.88. The van der Waals surface area contributed by atoms with Crippen molar-refractivity contribution in [2.45, 2.75) is 58.4 Å². The first kappa shape index (κ1) is 16.5. The molecule has 1 aliphatic carbocycles. The molecule has 1 fully saturated rings. The average Bonchev–Trinajstić information content (AvgIpc) is 3.12. The van der Waals surface area contributed by atoms with Crippen molar-refractivity contribution in [2.75, 3.05) is 6.54 Å². The molecule has 0 aromatic carbocycles. The monoisotopic (exact) mass is 307 g/mol. The average molecular weight is 307 g/mol. The Morgan fingerprint density at radius 2 is 2.09 bits per heavy atom. The summed E-state index contributed by atoms with van der Waals surface area (Å²) in [6.45, 7) is 8.36. The van der Waals surface area contributed by atoms with E-state index in [1.807, 2.05) is 10.7 Å². The maximum atomic E-state index is 12.2. The number of aliphatic carboxylic acids is 1. The lowest BCUT2D eigenvalue weighted by Gasteiger charge is -2.22. The van der Waals surface area contributed by atoms with Crippen LogP contribution in [0.2, 0.25) is 0 Å². The van der Waals surface area contributed by atoms with Gasteiger partial charge in [-0.05, 0) is 45.6 Å². The Morgan fingerprint density at radius 1 is 1.45 bits per heavy atom. The fourth-order valence-electron chi connectivity index (χ4n) is 2.44. The molecule has 1 saturated carbocycles. The van der Waals surface area contributed by atoms with Crippen LogP contribution in [0.15, 0.2) is 6.07 Å². The van der Waals surface area contributed by atoms with Gasteiger partial charge in [0.2, 0.25) is 0 Å². The van der Waals surface area contributed by atoms with Crippen LogP contribution in [0.4, 0.5) is 0 Å². The number of carboxylic acids is 1. The van der Waals surface area contributed by atoms with Gasteiger partial charge >= 0.3 is 5.97 Å². The molecule has 0 spiro atoms. The predicted molar refractivity (Wildman–Crippen MR) is 82.9 cm³/mol. The topological polar surface area (TPSA) is 84.2 Å². The summed E-state index contributed by atoms with van der Waals surface area (Å²) in [5.74, 6) is -0.676. The molecule has 6 nitrogen and oxygen atoms in total. The third kappa shape index (κ3) is 4.08. The van der Waals surface area contributed by atoms with Gasteiger partial charge in [-0.25, -0.2) is 0 Å². The number of hydrogen-bond donors (Lipinski definition) is 2. The second kappa shape index (κ2) is 6.10. The summed E-state index contributed by atoms with van der Waals surface area (Å²) in [6.07, 6.45) is 2.35. The first-order chi connectivity index (χ1) is 10.2. The van der Waals surface area contributed by atoms with Crippen molar-refractivity contribution < 1.29 is 14.7 Å². The fourth-order valence-corrected chi connectivity index (χ4v) is 2.44. The van der Waals surface area contributed by atoms with Crippen LogP contribution in [0.3, 0.4) is 0 Å².